The summed E-state index contributed by atoms with van der Waals surface area (Å²) in [6, 6.07) is 11.5. The number of esters is 2. The number of aryl methyl sites for hydroxylation is 1. The van der Waals surface area contributed by atoms with E-state index in [4.69, 9.17) is 24.4 Å². The number of carbonyl (C=O) groups is 3. The molecule has 1 atom stereocenters. The number of anilines is 1. The maximum Gasteiger partial charge on any atom is 0.340 e. The Morgan fingerprint density at radius 3 is 2.51 bits per heavy atom. The van der Waals surface area contributed by atoms with Crippen molar-refractivity contribution in [3.05, 3.63) is 93.1 Å². The van der Waals surface area contributed by atoms with Crippen LogP contribution < -0.4 is 20.9 Å². The molecule has 2 aliphatic heterocycles. The van der Waals surface area contributed by atoms with Gasteiger partial charge < -0.3 is 28.9 Å². The van der Waals surface area contributed by atoms with Gasteiger partial charge >= 0.3 is 11.9 Å². The first-order chi connectivity index (χ1) is 17.7. The van der Waals surface area contributed by atoms with E-state index in [-0.39, 0.29) is 34.9 Å². The molecule has 2 aromatic heterocycles. The minimum absolute atomic E-state index is 0.0198. The van der Waals surface area contributed by atoms with E-state index in [9.17, 15) is 19.2 Å². The summed E-state index contributed by atoms with van der Waals surface area (Å²) in [6.07, 6.45) is 1.49. The number of ether oxygens (including phenoxy) is 3. The van der Waals surface area contributed by atoms with Crippen molar-refractivity contribution in [3.63, 3.8) is 0 Å². The van der Waals surface area contributed by atoms with E-state index in [2.05, 4.69) is 0 Å². The molecule has 1 aromatic carbocycles. The van der Waals surface area contributed by atoms with Gasteiger partial charge in [-0.05, 0) is 25.1 Å². The molecule has 0 aliphatic carbocycles. The number of aromatic nitrogens is 1. The second-order valence-electron chi connectivity index (χ2n) is 8.56. The van der Waals surface area contributed by atoms with Crippen molar-refractivity contribution in [3.8, 4) is 5.75 Å². The number of benzene rings is 1. The second kappa shape index (κ2) is 8.70. The van der Waals surface area contributed by atoms with Gasteiger partial charge in [0.05, 0.1) is 32.6 Å². The molecule has 4 heterocycles. The van der Waals surface area contributed by atoms with E-state index in [0.717, 1.165) is 7.11 Å². The first-order valence-corrected chi connectivity index (χ1v) is 11.3. The number of carbonyl (C=O) groups excluding carboxylic acids is 3. The molecule has 37 heavy (non-hydrogen) atoms. The quantitative estimate of drug-likeness (QED) is 0.508. The highest BCUT2D eigenvalue weighted by Gasteiger charge is 2.62. The van der Waals surface area contributed by atoms with Crippen LogP contribution in [-0.4, -0.2) is 43.2 Å². The summed E-state index contributed by atoms with van der Waals surface area (Å²) >= 11 is 0. The van der Waals surface area contributed by atoms with Crippen LogP contribution in [0, 0.1) is 6.92 Å². The number of nitrogens with zero attached hydrogens (tertiary/aromatic N) is 2. The maximum atomic E-state index is 14.4. The lowest BCUT2D eigenvalue weighted by Gasteiger charge is -2.35. The average Bonchev–Trinajstić information content (AvgIpc) is 3.48. The van der Waals surface area contributed by atoms with Crippen LogP contribution in [-0.2, 0) is 35.8 Å². The molecular formula is C26H23N3O8. The highest BCUT2D eigenvalue weighted by Crippen LogP contribution is 2.54. The summed E-state index contributed by atoms with van der Waals surface area (Å²) in [7, 11) is 2.33. The van der Waals surface area contributed by atoms with Gasteiger partial charge in [0.15, 0.2) is 0 Å². The molecule has 5 rings (SSSR count). The van der Waals surface area contributed by atoms with Gasteiger partial charge in [0.1, 0.15) is 29.0 Å². The Morgan fingerprint density at radius 1 is 1.08 bits per heavy atom. The first-order valence-electron chi connectivity index (χ1n) is 11.3. The molecule has 3 aromatic rings. The fourth-order valence-corrected chi connectivity index (χ4v) is 5.04. The standard InChI is InChI=1S/C26H23N3O8/c1-14-11-18-20(23(31)28(14)12-15-7-6-10-36-15)26(21(22(27)37-18)24(32)35-3)16-8-4-5-9-17(16)29(25(26)33)13-19(30)34-2/h4-11H,12-13,27H2,1-3H3. The topological polar surface area (TPSA) is 143 Å². The minimum atomic E-state index is -2.04. The van der Waals surface area contributed by atoms with E-state index in [1.54, 1.807) is 49.4 Å². The van der Waals surface area contributed by atoms with Crippen LogP contribution >= 0.6 is 0 Å². The predicted molar refractivity (Wildman–Crippen MR) is 129 cm³/mol. The van der Waals surface area contributed by atoms with Gasteiger partial charge in [-0.1, -0.05) is 18.2 Å². The van der Waals surface area contributed by atoms with Crippen LogP contribution in [0.2, 0.25) is 0 Å². The van der Waals surface area contributed by atoms with Crippen molar-refractivity contribution in [1.82, 2.24) is 4.57 Å². The van der Waals surface area contributed by atoms with Crippen molar-refractivity contribution in [2.75, 3.05) is 25.7 Å². The Kier molecular flexibility index (Phi) is 5.62. The number of hydrogen-bond donors (Lipinski definition) is 1. The molecule has 0 saturated heterocycles. The summed E-state index contributed by atoms with van der Waals surface area (Å²) in [5.41, 5.74) is 4.24. The number of para-hydroxylation sites is 1. The van der Waals surface area contributed by atoms with Gasteiger partial charge in [0.25, 0.3) is 5.56 Å². The molecule has 1 amide bonds. The molecule has 0 bridgehead atoms. The third-order valence-electron chi connectivity index (χ3n) is 6.65. The number of methoxy groups -OCH3 is 2. The highest BCUT2D eigenvalue weighted by molar-refractivity contribution is 6.19. The lowest BCUT2D eigenvalue weighted by Crippen LogP contribution is -2.52. The van der Waals surface area contributed by atoms with Crippen molar-refractivity contribution in [2.24, 2.45) is 5.73 Å². The molecule has 2 aliphatic rings. The van der Waals surface area contributed by atoms with Gasteiger partial charge in [-0.2, -0.15) is 0 Å². The van der Waals surface area contributed by atoms with E-state index in [0.29, 0.717) is 17.1 Å². The molecule has 2 N–H and O–H groups in total. The zero-order valence-corrected chi connectivity index (χ0v) is 20.3. The Labute approximate surface area is 210 Å². The van der Waals surface area contributed by atoms with E-state index in [1.165, 1.54) is 22.8 Å². The van der Waals surface area contributed by atoms with Gasteiger partial charge in [-0.3, -0.25) is 19.3 Å². The number of fused-ring (bicyclic) bond motifs is 4. The van der Waals surface area contributed by atoms with Crippen LogP contribution in [0.3, 0.4) is 0 Å². The minimum Gasteiger partial charge on any atom is -0.468 e. The fourth-order valence-electron chi connectivity index (χ4n) is 5.04. The summed E-state index contributed by atoms with van der Waals surface area (Å²) < 4.78 is 22.4. The summed E-state index contributed by atoms with van der Waals surface area (Å²) in [6.45, 7) is 1.31. The van der Waals surface area contributed by atoms with E-state index >= 15 is 0 Å². The van der Waals surface area contributed by atoms with Crippen molar-refractivity contribution in [2.45, 2.75) is 18.9 Å². The number of hydrogen-bond acceptors (Lipinski definition) is 9. The zero-order valence-electron chi connectivity index (χ0n) is 20.3. The average molecular weight is 505 g/mol. The Balaban J connectivity index is 1.87. The molecule has 11 heteroatoms. The molecule has 190 valence electrons. The summed E-state index contributed by atoms with van der Waals surface area (Å²) in [5.74, 6) is -2.24. The number of pyridine rings is 1. The van der Waals surface area contributed by atoms with Crippen LogP contribution in [0.15, 0.2) is 69.4 Å². The molecule has 1 unspecified atom stereocenters. The third-order valence-corrected chi connectivity index (χ3v) is 6.65. The first kappa shape index (κ1) is 23.9. The monoisotopic (exact) mass is 505 g/mol. The highest BCUT2D eigenvalue weighted by atomic mass is 16.5. The fraction of sp³-hybridized carbons (Fsp3) is 0.231. The third kappa shape index (κ3) is 3.34. The molecule has 0 saturated carbocycles. The van der Waals surface area contributed by atoms with Crippen molar-refractivity contribution < 1.29 is 33.0 Å². The van der Waals surface area contributed by atoms with Gasteiger partial charge in [-0.25, -0.2) is 4.79 Å². The molecule has 1 spiro atoms. The molecular weight excluding hydrogens is 482 g/mol. The SMILES string of the molecule is COC(=O)CN1C(=O)C2(C(C(=O)OC)=C(N)Oc3cc(C)n(Cc4ccco4)c(=O)c32)c2ccccc21. The molecule has 0 fully saturated rings. The van der Waals surface area contributed by atoms with Crippen LogP contribution in [0.25, 0.3) is 0 Å². The summed E-state index contributed by atoms with van der Waals surface area (Å²) in [5, 5.41) is 0. The van der Waals surface area contributed by atoms with Gasteiger partial charge in [0.2, 0.25) is 11.8 Å². The molecule has 0 radical (unpaired) electrons. The molecule has 11 nitrogen and oxygen atoms in total. The zero-order chi connectivity index (χ0) is 26.5. The van der Waals surface area contributed by atoms with Crippen LogP contribution in [0.5, 0.6) is 5.75 Å². The number of furan rings is 1. The normalized spacial score (nSPS) is 17.9. The largest absolute Gasteiger partial charge is 0.468 e. The lowest BCUT2D eigenvalue weighted by atomic mass is 9.68. The Morgan fingerprint density at radius 2 is 1.84 bits per heavy atom. The van der Waals surface area contributed by atoms with Crippen molar-refractivity contribution in [1.29, 1.82) is 0 Å². The summed E-state index contributed by atoms with van der Waals surface area (Å²) in [4.78, 5) is 55.2. The van der Waals surface area contributed by atoms with Gasteiger partial charge in [-0.15, -0.1) is 0 Å². The number of rotatable bonds is 5. The smallest absolute Gasteiger partial charge is 0.340 e. The van der Waals surface area contributed by atoms with Crippen molar-refractivity contribution >= 4 is 23.5 Å². The Hall–Kier alpha value is -4.80. The van der Waals surface area contributed by atoms with Gasteiger partial charge in [0, 0.05) is 23.0 Å². The second-order valence-corrected chi connectivity index (χ2v) is 8.56. The number of amides is 1. The number of nitrogens with two attached hydrogens (primary N) is 1. The van der Waals surface area contributed by atoms with Crippen LogP contribution in [0.4, 0.5) is 5.69 Å². The van der Waals surface area contributed by atoms with E-state index in [1.807, 2.05) is 0 Å². The predicted octanol–water partition coefficient (Wildman–Crippen LogP) is 1.34. The van der Waals surface area contributed by atoms with Crippen LogP contribution in [0.1, 0.15) is 22.6 Å². The lowest BCUT2D eigenvalue weighted by molar-refractivity contribution is -0.140. The maximum absolute atomic E-state index is 14.4. The Bertz CT molecular complexity index is 1540. The van der Waals surface area contributed by atoms with E-state index < -0.39 is 35.4 Å².